The quantitative estimate of drug-likeness (QED) is 0.405. The van der Waals surface area contributed by atoms with Crippen molar-refractivity contribution in [3.05, 3.63) is 33.9 Å². The van der Waals surface area contributed by atoms with Crippen LogP contribution in [-0.2, 0) is 11.3 Å². The Balaban J connectivity index is 2.37. The molecule has 0 aliphatic heterocycles. The predicted molar refractivity (Wildman–Crippen MR) is 77.1 cm³/mol. The highest BCUT2D eigenvalue weighted by atomic mass is 16.6. The summed E-state index contributed by atoms with van der Waals surface area (Å²) in [7, 11) is 1.42. The average molecular weight is 282 g/mol. The zero-order valence-electron chi connectivity index (χ0n) is 12.1. The molecule has 20 heavy (non-hydrogen) atoms. The fourth-order valence-corrected chi connectivity index (χ4v) is 1.71. The molecule has 1 aromatic carbocycles. The molecule has 1 rings (SSSR count). The highest BCUT2D eigenvalue weighted by Gasteiger charge is 2.14. The molecule has 0 atom stereocenters. The molecular weight excluding hydrogens is 260 g/mol. The van der Waals surface area contributed by atoms with Gasteiger partial charge in [0.2, 0.25) is 0 Å². The molecule has 0 spiro atoms. The molecule has 0 radical (unpaired) electrons. The molecule has 6 nitrogen and oxygen atoms in total. The largest absolute Gasteiger partial charge is 0.490 e. The maximum absolute atomic E-state index is 10.9. The maximum Gasteiger partial charge on any atom is 0.311 e. The van der Waals surface area contributed by atoms with Crippen LogP contribution < -0.4 is 10.1 Å². The minimum Gasteiger partial charge on any atom is -0.490 e. The van der Waals surface area contributed by atoms with E-state index in [1.807, 2.05) is 6.07 Å². The van der Waals surface area contributed by atoms with Crippen LogP contribution in [0.4, 0.5) is 5.69 Å². The first-order chi connectivity index (χ1) is 9.69. The topological polar surface area (TPSA) is 73.6 Å². The molecule has 0 saturated carbocycles. The summed E-state index contributed by atoms with van der Waals surface area (Å²) in [6, 6.07) is 4.97. The number of unbranched alkanes of at least 4 members (excludes halogenated alkanes) is 1. The monoisotopic (exact) mass is 282 g/mol. The number of rotatable bonds is 10. The van der Waals surface area contributed by atoms with Crippen LogP contribution in [0.15, 0.2) is 18.2 Å². The smallest absolute Gasteiger partial charge is 0.311 e. The molecule has 6 heteroatoms. The van der Waals surface area contributed by atoms with Crippen LogP contribution in [0.5, 0.6) is 5.75 Å². The number of hydrogen-bond donors (Lipinski definition) is 1. The van der Waals surface area contributed by atoms with E-state index in [4.69, 9.17) is 9.47 Å². The van der Waals surface area contributed by atoms with Crippen LogP contribution in [0.25, 0.3) is 0 Å². The van der Waals surface area contributed by atoms with Crippen molar-refractivity contribution in [2.45, 2.75) is 26.3 Å². The van der Waals surface area contributed by atoms with Crippen molar-refractivity contribution >= 4 is 5.69 Å². The predicted octanol–water partition coefficient (Wildman–Crippen LogP) is 2.51. The zero-order chi connectivity index (χ0) is 14.8. The molecule has 0 aliphatic carbocycles. The Morgan fingerprint density at radius 2 is 2.15 bits per heavy atom. The number of benzene rings is 1. The van der Waals surface area contributed by atoms with Crippen molar-refractivity contribution in [1.82, 2.24) is 5.32 Å². The first-order valence-corrected chi connectivity index (χ1v) is 6.78. The Morgan fingerprint density at radius 1 is 1.35 bits per heavy atom. The first kappa shape index (κ1) is 16.4. The zero-order valence-corrected chi connectivity index (χ0v) is 12.1. The van der Waals surface area contributed by atoms with E-state index in [0.717, 1.165) is 31.6 Å². The number of nitrogens with one attached hydrogen (secondary N) is 1. The number of nitro benzene ring substituents is 1. The molecule has 0 heterocycles. The minimum absolute atomic E-state index is 0.00834. The van der Waals surface area contributed by atoms with Gasteiger partial charge in [-0.25, -0.2) is 0 Å². The molecule has 0 saturated heterocycles. The first-order valence-electron chi connectivity index (χ1n) is 6.78. The number of hydrogen-bond acceptors (Lipinski definition) is 5. The standard InChI is InChI=1S/C14H22N2O4/c1-3-4-8-20-9-7-15-11-12-5-6-14(19-2)13(10-12)16(17)18/h5-6,10,15H,3-4,7-9,11H2,1-2H3. The van der Waals surface area contributed by atoms with Crippen LogP contribution in [-0.4, -0.2) is 31.8 Å². The fraction of sp³-hybridized carbons (Fsp3) is 0.571. The lowest BCUT2D eigenvalue weighted by Crippen LogP contribution is -2.19. The fourth-order valence-electron chi connectivity index (χ4n) is 1.71. The van der Waals surface area contributed by atoms with Crippen molar-refractivity contribution in [2.75, 3.05) is 26.9 Å². The molecule has 112 valence electrons. The van der Waals surface area contributed by atoms with E-state index in [0.29, 0.717) is 13.2 Å². The van der Waals surface area contributed by atoms with Crippen molar-refractivity contribution < 1.29 is 14.4 Å². The van der Waals surface area contributed by atoms with Gasteiger partial charge in [-0.3, -0.25) is 10.1 Å². The molecule has 0 amide bonds. The second kappa shape index (κ2) is 9.28. The molecule has 0 aliphatic rings. The molecule has 0 aromatic heterocycles. The van der Waals surface area contributed by atoms with E-state index in [1.54, 1.807) is 6.07 Å². The second-order valence-corrected chi connectivity index (χ2v) is 4.41. The third-order valence-corrected chi connectivity index (χ3v) is 2.83. The molecule has 0 unspecified atom stereocenters. The Labute approximate surface area is 119 Å². The van der Waals surface area contributed by atoms with Crippen molar-refractivity contribution in [3.63, 3.8) is 0 Å². The van der Waals surface area contributed by atoms with Gasteiger partial charge in [-0.1, -0.05) is 19.4 Å². The maximum atomic E-state index is 10.9. The SMILES string of the molecule is CCCCOCCNCc1ccc(OC)c([N+](=O)[O-])c1. The molecule has 0 fully saturated rings. The van der Waals surface area contributed by atoms with Gasteiger partial charge in [0.05, 0.1) is 18.6 Å². The van der Waals surface area contributed by atoms with E-state index in [1.165, 1.54) is 13.2 Å². The summed E-state index contributed by atoms with van der Waals surface area (Å²) in [6.45, 7) is 4.86. The highest BCUT2D eigenvalue weighted by Crippen LogP contribution is 2.27. The molecular formula is C14H22N2O4. The van der Waals surface area contributed by atoms with Gasteiger partial charge in [0.25, 0.3) is 0 Å². The van der Waals surface area contributed by atoms with Gasteiger partial charge in [0.1, 0.15) is 0 Å². The Hall–Kier alpha value is -1.66. The van der Waals surface area contributed by atoms with E-state index >= 15 is 0 Å². The van der Waals surface area contributed by atoms with E-state index in [2.05, 4.69) is 12.2 Å². The highest BCUT2D eigenvalue weighted by molar-refractivity contribution is 5.48. The Morgan fingerprint density at radius 3 is 2.80 bits per heavy atom. The Bertz CT molecular complexity index is 424. The average Bonchev–Trinajstić information content (AvgIpc) is 2.46. The van der Waals surface area contributed by atoms with E-state index < -0.39 is 4.92 Å². The van der Waals surface area contributed by atoms with Crippen molar-refractivity contribution in [3.8, 4) is 5.75 Å². The molecule has 1 N–H and O–H groups in total. The Kier molecular flexibility index (Phi) is 7.60. The number of nitro groups is 1. The summed E-state index contributed by atoms with van der Waals surface area (Å²) >= 11 is 0. The minimum atomic E-state index is -0.434. The van der Waals surface area contributed by atoms with Crippen LogP contribution in [0, 0.1) is 10.1 Å². The third-order valence-electron chi connectivity index (χ3n) is 2.83. The number of methoxy groups -OCH3 is 1. The van der Waals surface area contributed by atoms with Gasteiger partial charge in [0.15, 0.2) is 5.75 Å². The van der Waals surface area contributed by atoms with Crippen LogP contribution in [0.3, 0.4) is 0 Å². The lowest BCUT2D eigenvalue weighted by molar-refractivity contribution is -0.385. The van der Waals surface area contributed by atoms with Crippen molar-refractivity contribution in [2.24, 2.45) is 0 Å². The summed E-state index contributed by atoms with van der Waals surface area (Å²) in [5.41, 5.74) is 0.844. The van der Waals surface area contributed by atoms with Gasteiger partial charge >= 0.3 is 5.69 Å². The summed E-state index contributed by atoms with van der Waals surface area (Å²) in [6.07, 6.45) is 2.20. The summed E-state index contributed by atoms with van der Waals surface area (Å²) in [5, 5.41) is 14.1. The van der Waals surface area contributed by atoms with Gasteiger partial charge in [-0.2, -0.15) is 0 Å². The number of nitrogens with zero attached hydrogens (tertiary/aromatic N) is 1. The van der Waals surface area contributed by atoms with Crippen LogP contribution in [0.2, 0.25) is 0 Å². The van der Waals surface area contributed by atoms with Crippen LogP contribution >= 0.6 is 0 Å². The summed E-state index contributed by atoms with van der Waals surface area (Å²) < 4.78 is 10.4. The van der Waals surface area contributed by atoms with Gasteiger partial charge in [0, 0.05) is 25.8 Å². The number of ether oxygens (including phenoxy) is 2. The van der Waals surface area contributed by atoms with E-state index in [-0.39, 0.29) is 11.4 Å². The second-order valence-electron chi connectivity index (χ2n) is 4.41. The van der Waals surface area contributed by atoms with Crippen LogP contribution in [0.1, 0.15) is 25.3 Å². The normalized spacial score (nSPS) is 10.5. The third kappa shape index (κ3) is 5.54. The van der Waals surface area contributed by atoms with Crippen molar-refractivity contribution in [1.29, 1.82) is 0 Å². The van der Waals surface area contributed by atoms with Gasteiger partial charge < -0.3 is 14.8 Å². The lowest BCUT2D eigenvalue weighted by atomic mass is 10.2. The summed E-state index contributed by atoms with van der Waals surface area (Å²) in [5.74, 6) is 0.279. The van der Waals surface area contributed by atoms with Gasteiger partial charge in [-0.05, 0) is 18.1 Å². The summed E-state index contributed by atoms with van der Waals surface area (Å²) in [4.78, 5) is 10.5. The lowest BCUT2D eigenvalue weighted by Gasteiger charge is -2.07. The van der Waals surface area contributed by atoms with E-state index in [9.17, 15) is 10.1 Å². The van der Waals surface area contributed by atoms with Gasteiger partial charge in [-0.15, -0.1) is 0 Å². The molecule has 1 aromatic rings. The molecule has 0 bridgehead atoms.